The Bertz CT molecular complexity index is 361. The SMILES string of the molecule is Cc1ccc(CC(N)C(=O)O)c(Cl)n1.Cl.Cl. The van der Waals surface area contributed by atoms with Crippen LogP contribution in [-0.2, 0) is 11.2 Å². The molecule has 0 radical (unpaired) electrons. The number of pyridine rings is 1. The van der Waals surface area contributed by atoms with E-state index in [-0.39, 0.29) is 31.2 Å². The number of nitrogens with two attached hydrogens (primary N) is 1. The Morgan fingerprint density at radius 1 is 1.56 bits per heavy atom. The molecule has 0 spiro atoms. The minimum Gasteiger partial charge on any atom is -0.480 e. The Labute approximate surface area is 111 Å². The van der Waals surface area contributed by atoms with Crippen LogP contribution in [0.2, 0.25) is 5.15 Å². The predicted octanol–water partition coefficient (Wildman–Crippen LogP) is 1.84. The highest BCUT2D eigenvalue weighted by Crippen LogP contribution is 2.14. The summed E-state index contributed by atoms with van der Waals surface area (Å²) in [7, 11) is 0. The third-order valence-electron chi connectivity index (χ3n) is 1.82. The topological polar surface area (TPSA) is 76.2 Å². The molecule has 4 nitrogen and oxygen atoms in total. The fourth-order valence-corrected chi connectivity index (χ4v) is 1.30. The van der Waals surface area contributed by atoms with Crippen molar-refractivity contribution in [3.63, 3.8) is 0 Å². The van der Waals surface area contributed by atoms with E-state index in [9.17, 15) is 4.79 Å². The van der Waals surface area contributed by atoms with Gasteiger partial charge in [0.25, 0.3) is 0 Å². The van der Waals surface area contributed by atoms with Gasteiger partial charge in [-0.2, -0.15) is 0 Å². The van der Waals surface area contributed by atoms with Crippen molar-refractivity contribution in [2.75, 3.05) is 0 Å². The summed E-state index contributed by atoms with van der Waals surface area (Å²) in [5, 5.41) is 8.92. The zero-order valence-electron chi connectivity index (χ0n) is 8.51. The lowest BCUT2D eigenvalue weighted by Gasteiger charge is -2.07. The lowest BCUT2D eigenvalue weighted by Crippen LogP contribution is -2.32. The molecule has 0 aliphatic carbocycles. The van der Waals surface area contributed by atoms with Crippen LogP contribution in [0, 0.1) is 6.92 Å². The minimum absolute atomic E-state index is 0. The number of aryl methyl sites for hydroxylation is 1. The Morgan fingerprint density at radius 3 is 2.56 bits per heavy atom. The molecular weight excluding hydrogens is 274 g/mol. The number of hydrogen-bond donors (Lipinski definition) is 2. The van der Waals surface area contributed by atoms with Crippen LogP contribution < -0.4 is 5.73 Å². The molecular formula is C9H13Cl3N2O2. The van der Waals surface area contributed by atoms with Crippen LogP contribution in [0.15, 0.2) is 12.1 Å². The molecule has 7 heteroatoms. The molecule has 16 heavy (non-hydrogen) atoms. The van der Waals surface area contributed by atoms with Gasteiger partial charge in [-0.1, -0.05) is 17.7 Å². The van der Waals surface area contributed by atoms with Crippen LogP contribution in [0.3, 0.4) is 0 Å². The minimum atomic E-state index is -1.04. The average molecular weight is 288 g/mol. The highest BCUT2D eigenvalue weighted by atomic mass is 35.5. The molecule has 1 aromatic heterocycles. The van der Waals surface area contributed by atoms with Gasteiger partial charge in [0, 0.05) is 12.1 Å². The van der Waals surface area contributed by atoms with Crippen molar-refractivity contribution in [1.82, 2.24) is 4.98 Å². The van der Waals surface area contributed by atoms with Crippen molar-refractivity contribution < 1.29 is 9.90 Å². The lowest BCUT2D eigenvalue weighted by molar-refractivity contribution is -0.138. The molecule has 1 unspecified atom stereocenters. The first-order valence-corrected chi connectivity index (χ1v) is 4.49. The highest BCUT2D eigenvalue weighted by molar-refractivity contribution is 6.30. The van der Waals surface area contributed by atoms with Gasteiger partial charge in [0.05, 0.1) is 0 Å². The summed E-state index contributed by atoms with van der Waals surface area (Å²) in [6, 6.07) is 2.58. The number of aromatic nitrogens is 1. The third-order valence-corrected chi connectivity index (χ3v) is 2.15. The maximum Gasteiger partial charge on any atom is 0.320 e. The summed E-state index contributed by atoms with van der Waals surface area (Å²) in [5.41, 5.74) is 6.82. The number of rotatable bonds is 3. The Morgan fingerprint density at radius 2 is 2.12 bits per heavy atom. The van der Waals surface area contributed by atoms with E-state index in [1.807, 2.05) is 6.92 Å². The third kappa shape index (κ3) is 4.99. The fourth-order valence-electron chi connectivity index (χ4n) is 1.03. The number of carboxylic acid groups (broad SMARTS) is 1. The first-order chi connectivity index (χ1) is 6.50. The molecule has 0 bridgehead atoms. The van der Waals surface area contributed by atoms with E-state index in [2.05, 4.69) is 4.98 Å². The summed E-state index contributed by atoms with van der Waals surface area (Å²) in [6.07, 6.45) is 0.196. The fraction of sp³-hybridized carbons (Fsp3) is 0.333. The van der Waals surface area contributed by atoms with Gasteiger partial charge in [0.1, 0.15) is 11.2 Å². The molecule has 92 valence electrons. The number of halogens is 3. The normalized spacial score (nSPS) is 10.9. The van der Waals surface area contributed by atoms with Crippen molar-refractivity contribution in [1.29, 1.82) is 0 Å². The van der Waals surface area contributed by atoms with Crippen LogP contribution in [-0.4, -0.2) is 22.1 Å². The van der Waals surface area contributed by atoms with E-state index >= 15 is 0 Å². The molecule has 0 saturated carbocycles. The van der Waals surface area contributed by atoms with Gasteiger partial charge in [0.15, 0.2) is 0 Å². The van der Waals surface area contributed by atoms with Crippen LogP contribution in [0.4, 0.5) is 0 Å². The van der Waals surface area contributed by atoms with E-state index in [1.165, 1.54) is 0 Å². The van der Waals surface area contributed by atoms with E-state index in [1.54, 1.807) is 12.1 Å². The monoisotopic (exact) mass is 286 g/mol. The van der Waals surface area contributed by atoms with Gasteiger partial charge >= 0.3 is 5.97 Å². The quantitative estimate of drug-likeness (QED) is 0.832. The Kier molecular flexibility index (Phi) is 8.56. The van der Waals surface area contributed by atoms with Crippen LogP contribution >= 0.6 is 36.4 Å². The largest absolute Gasteiger partial charge is 0.480 e. The molecule has 1 atom stereocenters. The number of carboxylic acids is 1. The van der Waals surface area contributed by atoms with Crippen molar-refractivity contribution in [2.45, 2.75) is 19.4 Å². The zero-order chi connectivity index (χ0) is 10.7. The highest BCUT2D eigenvalue weighted by Gasteiger charge is 2.14. The Hall–Kier alpha value is -0.550. The molecule has 0 amide bonds. The first kappa shape index (κ1) is 17.8. The zero-order valence-corrected chi connectivity index (χ0v) is 10.9. The van der Waals surface area contributed by atoms with Gasteiger partial charge in [0.2, 0.25) is 0 Å². The standard InChI is InChI=1S/C9H11ClN2O2.2ClH/c1-5-2-3-6(8(10)12-5)4-7(11)9(13)14;;/h2-3,7H,4,11H2,1H3,(H,13,14);2*1H. The number of carbonyl (C=O) groups is 1. The number of hydrogen-bond acceptors (Lipinski definition) is 3. The molecule has 0 fully saturated rings. The van der Waals surface area contributed by atoms with Gasteiger partial charge in [-0.25, -0.2) is 4.98 Å². The molecule has 1 heterocycles. The predicted molar refractivity (Wildman–Crippen MR) is 67.8 cm³/mol. The van der Waals surface area contributed by atoms with Crippen molar-refractivity contribution in [3.8, 4) is 0 Å². The second kappa shape index (κ2) is 7.68. The second-order valence-corrected chi connectivity index (χ2v) is 3.41. The van der Waals surface area contributed by atoms with Crippen LogP contribution in [0.5, 0.6) is 0 Å². The second-order valence-electron chi connectivity index (χ2n) is 3.05. The van der Waals surface area contributed by atoms with E-state index in [4.69, 9.17) is 22.4 Å². The Balaban J connectivity index is 0. The van der Waals surface area contributed by atoms with Gasteiger partial charge < -0.3 is 10.8 Å². The smallest absolute Gasteiger partial charge is 0.320 e. The maximum atomic E-state index is 10.5. The van der Waals surface area contributed by atoms with E-state index < -0.39 is 12.0 Å². The summed E-state index contributed by atoms with van der Waals surface area (Å²) < 4.78 is 0. The molecule has 1 rings (SSSR count). The molecule has 3 N–H and O–H groups in total. The molecule has 1 aromatic rings. The van der Waals surface area contributed by atoms with E-state index in [0.29, 0.717) is 10.7 Å². The number of nitrogens with zero attached hydrogens (tertiary/aromatic N) is 1. The summed E-state index contributed by atoms with van der Waals surface area (Å²) in [5.74, 6) is -1.04. The van der Waals surface area contributed by atoms with Gasteiger partial charge in [-0.15, -0.1) is 24.8 Å². The van der Waals surface area contributed by atoms with Crippen LogP contribution in [0.1, 0.15) is 11.3 Å². The summed E-state index contributed by atoms with van der Waals surface area (Å²) in [4.78, 5) is 14.5. The van der Waals surface area contributed by atoms with Gasteiger partial charge in [-0.3, -0.25) is 4.79 Å². The van der Waals surface area contributed by atoms with Crippen molar-refractivity contribution in [2.24, 2.45) is 5.73 Å². The maximum absolute atomic E-state index is 10.5. The number of aliphatic carboxylic acids is 1. The van der Waals surface area contributed by atoms with Gasteiger partial charge in [-0.05, 0) is 18.6 Å². The molecule has 0 aromatic carbocycles. The first-order valence-electron chi connectivity index (χ1n) is 4.11. The molecule has 0 aliphatic rings. The van der Waals surface area contributed by atoms with Crippen molar-refractivity contribution in [3.05, 3.63) is 28.5 Å². The molecule has 0 aliphatic heterocycles. The van der Waals surface area contributed by atoms with Crippen molar-refractivity contribution >= 4 is 42.4 Å². The average Bonchev–Trinajstić information content (AvgIpc) is 2.09. The summed E-state index contributed by atoms with van der Waals surface area (Å²) in [6.45, 7) is 1.81. The molecule has 0 saturated heterocycles. The van der Waals surface area contributed by atoms with E-state index in [0.717, 1.165) is 5.69 Å². The lowest BCUT2D eigenvalue weighted by atomic mass is 10.1. The van der Waals surface area contributed by atoms with Crippen LogP contribution in [0.25, 0.3) is 0 Å². The summed E-state index contributed by atoms with van der Waals surface area (Å²) >= 11 is 5.82.